The molecule has 2 bridgehead atoms. The molecule has 2 heterocycles. The molecule has 0 aromatic rings. The highest BCUT2D eigenvalue weighted by Crippen LogP contribution is 2.65. The molecule has 5 aliphatic rings. The molecule has 0 spiro atoms. The van der Waals surface area contributed by atoms with E-state index in [1.54, 1.807) is 5.43 Å². The minimum absolute atomic E-state index is 0.00481. The molecule has 2 aliphatic heterocycles. The lowest BCUT2D eigenvalue weighted by Gasteiger charge is -2.64. The molecule has 224 valence electrons. The van der Waals surface area contributed by atoms with Crippen LogP contribution in [0, 0.1) is 39.2 Å². The van der Waals surface area contributed by atoms with Gasteiger partial charge in [-0.15, -0.1) is 0 Å². The molecule has 2 amide bonds. The van der Waals surface area contributed by atoms with Crippen molar-refractivity contribution >= 4 is 24.9 Å². The minimum atomic E-state index is -0.825. The van der Waals surface area contributed by atoms with E-state index in [1.807, 2.05) is 0 Å². The average Bonchev–Trinajstić information content (AvgIpc) is 3.52. The van der Waals surface area contributed by atoms with Gasteiger partial charge in [0.1, 0.15) is 6.04 Å². The van der Waals surface area contributed by atoms with E-state index in [2.05, 4.69) is 50.2 Å². The second-order valence-electron chi connectivity index (χ2n) is 13.0. The second kappa shape index (κ2) is 12.2. The lowest BCUT2D eigenvalue weighted by atomic mass is 9.43. The number of nitrogens with two attached hydrogens (primary N) is 1. The number of nitro groups is 1. The van der Waals surface area contributed by atoms with Crippen molar-refractivity contribution in [3.63, 3.8) is 0 Å². The lowest BCUT2D eigenvalue weighted by molar-refractivity contribution is -0.525. The van der Waals surface area contributed by atoms with Gasteiger partial charge in [-0.3, -0.25) is 9.59 Å². The number of carbonyl (C=O) groups excluding carboxylic acids is 2. The molecule has 0 aromatic carbocycles. The fraction of sp³-hybridized carbons (Fsp3) is 0.885. The third-order valence-corrected chi connectivity index (χ3v) is 9.42. The van der Waals surface area contributed by atoms with E-state index in [0.29, 0.717) is 44.3 Å². The van der Waals surface area contributed by atoms with Crippen LogP contribution in [0.3, 0.4) is 0 Å². The molecule has 5 fully saturated rings. The first-order valence-corrected chi connectivity index (χ1v) is 14.5. The Morgan fingerprint density at radius 2 is 1.98 bits per heavy atom. The van der Waals surface area contributed by atoms with Gasteiger partial charge in [-0.25, -0.2) is 15.1 Å². The number of hydrogen-bond donors (Lipinski definition) is 4. The SMILES string of the molecule is CC(C)C[C@H](NC(=O)[C@H](CCCN=C(N)N[N+](=O)[O-])NC(=O)[C@H]1CCOC1)B1OC2CC3CC(C3(C)C)C2(C)O1. The molecule has 7 atom stereocenters. The zero-order valence-electron chi connectivity index (χ0n) is 24.3. The molecule has 14 heteroatoms. The van der Waals surface area contributed by atoms with Crippen molar-refractivity contribution in [2.24, 2.45) is 39.8 Å². The summed E-state index contributed by atoms with van der Waals surface area (Å²) in [5, 5.41) is 15.8. The van der Waals surface area contributed by atoms with E-state index >= 15 is 0 Å². The maximum absolute atomic E-state index is 13.7. The van der Waals surface area contributed by atoms with Gasteiger partial charge in [-0.05, 0) is 68.6 Å². The number of carbonyl (C=O) groups is 2. The monoisotopic (exact) mass is 564 g/mol. The molecule has 3 aliphatic carbocycles. The smallest absolute Gasteiger partial charge is 0.404 e. The van der Waals surface area contributed by atoms with Crippen molar-refractivity contribution < 1.29 is 28.7 Å². The van der Waals surface area contributed by atoms with Crippen LogP contribution >= 0.6 is 0 Å². The lowest BCUT2D eigenvalue weighted by Crippen LogP contribution is -2.65. The Morgan fingerprint density at radius 3 is 2.60 bits per heavy atom. The first kappa shape index (κ1) is 30.5. The van der Waals surface area contributed by atoms with Crippen LogP contribution in [0.15, 0.2) is 4.99 Å². The summed E-state index contributed by atoms with van der Waals surface area (Å²) in [6.07, 6.45) is 4.00. The summed E-state index contributed by atoms with van der Waals surface area (Å²) < 4.78 is 18.5. The first-order valence-electron chi connectivity index (χ1n) is 14.5. The average molecular weight is 564 g/mol. The third kappa shape index (κ3) is 6.54. The molecule has 13 nitrogen and oxygen atoms in total. The van der Waals surface area contributed by atoms with Crippen LogP contribution in [-0.4, -0.2) is 73.4 Å². The molecule has 3 saturated carbocycles. The van der Waals surface area contributed by atoms with Crippen molar-refractivity contribution in [2.75, 3.05) is 19.8 Å². The number of hydrazine groups is 1. The molecular weight excluding hydrogens is 519 g/mol. The van der Waals surface area contributed by atoms with Crippen LogP contribution in [0.2, 0.25) is 0 Å². The topological polar surface area (TPSA) is 179 Å². The largest absolute Gasteiger partial charge is 0.481 e. The van der Waals surface area contributed by atoms with Crippen LogP contribution in [0.5, 0.6) is 0 Å². The highest BCUT2D eigenvalue weighted by Gasteiger charge is 2.68. The van der Waals surface area contributed by atoms with Crippen molar-refractivity contribution in [3.8, 4) is 0 Å². The third-order valence-electron chi connectivity index (χ3n) is 9.42. The first-order chi connectivity index (χ1) is 18.8. The van der Waals surface area contributed by atoms with Crippen LogP contribution in [0.25, 0.3) is 0 Å². The number of aliphatic imine (C=N–C) groups is 1. The van der Waals surface area contributed by atoms with Gasteiger partial charge in [0.25, 0.3) is 5.96 Å². The normalized spacial score (nSPS) is 32.1. The van der Waals surface area contributed by atoms with E-state index in [1.165, 1.54) is 0 Å². The van der Waals surface area contributed by atoms with E-state index in [-0.39, 0.29) is 60.0 Å². The predicted octanol–water partition coefficient (Wildman–Crippen LogP) is 1.18. The molecule has 5 rings (SSSR count). The van der Waals surface area contributed by atoms with Gasteiger partial charge in [0.15, 0.2) is 5.03 Å². The van der Waals surface area contributed by atoms with Crippen LogP contribution in [0.4, 0.5) is 0 Å². The molecule has 0 aromatic heterocycles. The van der Waals surface area contributed by atoms with Crippen LogP contribution < -0.4 is 21.8 Å². The van der Waals surface area contributed by atoms with Crippen LogP contribution in [0.1, 0.15) is 73.1 Å². The molecule has 0 radical (unpaired) electrons. The van der Waals surface area contributed by atoms with E-state index in [4.69, 9.17) is 19.8 Å². The number of nitrogens with zero attached hydrogens (tertiary/aromatic N) is 2. The Bertz CT molecular complexity index is 991. The number of hydrogen-bond acceptors (Lipinski definition) is 8. The Balaban J connectivity index is 1.43. The maximum Gasteiger partial charge on any atom is 0.481 e. The van der Waals surface area contributed by atoms with Crippen molar-refractivity contribution in [2.45, 2.75) is 96.8 Å². The standard InChI is InChI=1S/C26H45BN6O7/c1-15(2)11-21(27-39-20-13-17-12-19(25(17,3)4)26(20,5)40-27)31-23(35)18(30-22(34)16-8-10-38-14-16)7-6-9-29-24(28)32-33(36)37/h15-21H,6-14H2,1-5H3,(H,30,34)(H,31,35)(H3,28,29,32)/t16-,17?,18-,19?,20?,21-,26?/m0/s1. The summed E-state index contributed by atoms with van der Waals surface area (Å²) in [5.41, 5.74) is 7.10. The van der Waals surface area contributed by atoms with Gasteiger partial charge in [-0.1, -0.05) is 33.1 Å². The van der Waals surface area contributed by atoms with Crippen molar-refractivity contribution in [1.29, 1.82) is 0 Å². The summed E-state index contributed by atoms with van der Waals surface area (Å²) in [5.74, 6) is -0.272. The second-order valence-corrected chi connectivity index (χ2v) is 13.0. The van der Waals surface area contributed by atoms with Crippen LogP contribution in [-0.2, 0) is 23.6 Å². The fourth-order valence-electron chi connectivity index (χ4n) is 7.02. The summed E-state index contributed by atoms with van der Waals surface area (Å²) in [7, 11) is -0.575. The van der Waals surface area contributed by atoms with Gasteiger partial charge >= 0.3 is 7.12 Å². The Labute approximate surface area is 236 Å². The van der Waals surface area contributed by atoms with E-state index in [9.17, 15) is 19.7 Å². The van der Waals surface area contributed by atoms with Crippen molar-refractivity contribution in [1.82, 2.24) is 16.1 Å². The molecule has 5 N–H and O–H groups in total. The number of nitrogens with one attached hydrogen (secondary N) is 3. The highest BCUT2D eigenvalue weighted by molar-refractivity contribution is 6.48. The Hall–Kier alpha value is -2.45. The zero-order valence-corrected chi connectivity index (χ0v) is 24.3. The molecular formula is C26H45BN6O7. The minimum Gasteiger partial charge on any atom is -0.404 e. The molecule has 4 unspecified atom stereocenters. The Kier molecular flexibility index (Phi) is 9.30. The summed E-state index contributed by atoms with van der Waals surface area (Å²) >= 11 is 0. The predicted molar refractivity (Wildman–Crippen MR) is 148 cm³/mol. The summed E-state index contributed by atoms with van der Waals surface area (Å²) in [6.45, 7) is 11.9. The maximum atomic E-state index is 13.7. The molecule has 2 saturated heterocycles. The van der Waals surface area contributed by atoms with Gasteiger partial charge in [-0.2, -0.15) is 0 Å². The number of guanidine groups is 1. The summed E-state index contributed by atoms with van der Waals surface area (Å²) in [4.78, 5) is 41.0. The fourth-order valence-corrected chi connectivity index (χ4v) is 7.02. The number of rotatable bonds is 12. The van der Waals surface area contributed by atoms with Crippen molar-refractivity contribution in [3.05, 3.63) is 10.1 Å². The zero-order chi connectivity index (χ0) is 29.2. The van der Waals surface area contributed by atoms with E-state index in [0.717, 1.165) is 12.8 Å². The van der Waals surface area contributed by atoms with Gasteiger partial charge in [0, 0.05) is 13.2 Å². The van der Waals surface area contributed by atoms with Gasteiger partial charge < -0.3 is 30.4 Å². The van der Waals surface area contributed by atoms with Gasteiger partial charge in [0.2, 0.25) is 11.8 Å². The number of amides is 2. The Morgan fingerprint density at radius 1 is 1.23 bits per heavy atom. The molecule has 40 heavy (non-hydrogen) atoms. The summed E-state index contributed by atoms with van der Waals surface area (Å²) in [6, 6.07) is -0.825. The number of ether oxygens (including phenoxy) is 1. The highest BCUT2D eigenvalue weighted by atomic mass is 16.7. The van der Waals surface area contributed by atoms with Gasteiger partial charge in [0.05, 0.1) is 30.2 Å². The van der Waals surface area contributed by atoms with E-state index < -0.39 is 23.8 Å². The quantitative estimate of drug-likeness (QED) is 0.0676.